The Labute approximate surface area is 180 Å². The van der Waals surface area contributed by atoms with E-state index in [1.807, 2.05) is 13.0 Å². The van der Waals surface area contributed by atoms with Gasteiger partial charge in [-0.15, -0.1) is 0 Å². The van der Waals surface area contributed by atoms with Crippen LogP contribution in [0.3, 0.4) is 0 Å². The first kappa shape index (κ1) is 18.6. The molecule has 0 bridgehead atoms. The standard InChI is InChI=1S/C24H26N6O/c1-15-20-6-9-30(24(20)27-14-26-15)18-2-3-19(12-18)31-23-11-17(22-5-8-28-29-22)10-16-4-7-25-13-21(16)23/h5-6,8-11,14,18-19,25H,2-4,7,12-13H2,1H3,(H,28,29). The summed E-state index contributed by atoms with van der Waals surface area (Å²) in [5.41, 5.74) is 6.91. The van der Waals surface area contributed by atoms with Crippen LogP contribution in [-0.4, -0.2) is 37.4 Å². The average Bonchev–Trinajstić information content (AvgIpc) is 3.55. The second-order valence-corrected chi connectivity index (χ2v) is 8.64. The van der Waals surface area contributed by atoms with Crippen molar-refractivity contribution in [3.8, 4) is 17.0 Å². The number of benzene rings is 1. The second-order valence-electron chi connectivity index (χ2n) is 8.64. The third-order valence-electron chi connectivity index (χ3n) is 6.74. The fourth-order valence-corrected chi connectivity index (χ4v) is 5.09. The summed E-state index contributed by atoms with van der Waals surface area (Å²) in [6.07, 6.45) is 9.97. The lowest BCUT2D eigenvalue weighted by Gasteiger charge is -2.24. The molecule has 2 unspecified atom stereocenters. The number of aromatic nitrogens is 5. The normalized spacial score (nSPS) is 20.8. The molecule has 2 N–H and O–H groups in total. The Hall–Kier alpha value is -3.19. The number of aromatic amines is 1. The van der Waals surface area contributed by atoms with Crippen LogP contribution in [0.2, 0.25) is 0 Å². The molecule has 1 saturated carbocycles. The van der Waals surface area contributed by atoms with Gasteiger partial charge in [0.2, 0.25) is 0 Å². The van der Waals surface area contributed by atoms with Crippen molar-refractivity contribution in [2.75, 3.05) is 6.54 Å². The molecular weight excluding hydrogens is 388 g/mol. The number of H-pyrrole nitrogens is 1. The van der Waals surface area contributed by atoms with E-state index in [4.69, 9.17) is 4.74 Å². The highest BCUT2D eigenvalue weighted by molar-refractivity contribution is 5.78. The van der Waals surface area contributed by atoms with Gasteiger partial charge in [-0.1, -0.05) is 0 Å². The Balaban J connectivity index is 1.27. The Kier molecular flexibility index (Phi) is 4.49. The number of nitrogens with one attached hydrogen (secondary N) is 2. The van der Waals surface area contributed by atoms with Crippen molar-refractivity contribution in [2.45, 2.75) is 51.3 Å². The van der Waals surface area contributed by atoms with Gasteiger partial charge in [0.1, 0.15) is 23.8 Å². The van der Waals surface area contributed by atoms with Gasteiger partial charge in [-0.25, -0.2) is 9.97 Å². The van der Waals surface area contributed by atoms with Gasteiger partial charge in [0.15, 0.2) is 0 Å². The molecule has 1 aliphatic heterocycles. The summed E-state index contributed by atoms with van der Waals surface area (Å²) >= 11 is 0. The van der Waals surface area contributed by atoms with Crippen LogP contribution in [-0.2, 0) is 13.0 Å². The lowest BCUT2D eigenvalue weighted by Crippen LogP contribution is -2.25. The van der Waals surface area contributed by atoms with Gasteiger partial charge in [-0.05, 0) is 62.6 Å². The van der Waals surface area contributed by atoms with Crippen molar-refractivity contribution in [3.63, 3.8) is 0 Å². The summed E-state index contributed by atoms with van der Waals surface area (Å²) in [5, 5.41) is 11.9. The van der Waals surface area contributed by atoms with E-state index in [9.17, 15) is 0 Å². The zero-order chi connectivity index (χ0) is 20.8. The minimum absolute atomic E-state index is 0.202. The quantitative estimate of drug-likeness (QED) is 0.529. The van der Waals surface area contributed by atoms with E-state index in [1.165, 1.54) is 11.1 Å². The highest BCUT2D eigenvalue weighted by Crippen LogP contribution is 2.38. The Morgan fingerprint density at radius 2 is 2.13 bits per heavy atom. The molecule has 0 saturated heterocycles. The molecule has 1 aliphatic carbocycles. The molecule has 158 valence electrons. The molecule has 2 atom stereocenters. The van der Waals surface area contributed by atoms with E-state index in [0.29, 0.717) is 6.04 Å². The summed E-state index contributed by atoms with van der Waals surface area (Å²) in [7, 11) is 0. The molecule has 1 fully saturated rings. The summed E-state index contributed by atoms with van der Waals surface area (Å²) in [6, 6.07) is 9.01. The smallest absolute Gasteiger partial charge is 0.143 e. The molecule has 31 heavy (non-hydrogen) atoms. The van der Waals surface area contributed by atoms with Crippen LogP contribution in [0.1, 0.15) is 42.1 Å². The molecule has 0 radical (unpaired) electrons. The Morgan fingerprint density at radius 1 is 1.16 bits per heavy atom. The van der Waals surface area contributed by atoms with E-state index in [0.717, 1.165) is 72.5 Å². The molecule has 6 rings (SSSR count). The van der Waals surface area contributed by atoms with Crippen LogP contribution in [0, 0.1) is 6.92 Å². The molecule has 1 aromatic carbocycles. The van der Waals surface area contributed by atoms with E-state index in [1.54, 1.807) is 12.5 Å². The zero-order valence-corrected chi connectivity index (χ0v) is 17.6. The molecule has 0 amide bonds. The molecule has 2 aliphatic rings. The van der Waals surface area contributed by atoms with Gasteiger partial charge in [-0.2, -0.15) is 5.10 Å². The average molecular weight is 415 g/mol. The van der Waals surface area contributed by atoms with Gasteiger partial charge in [-0.3, -0.25) is 5.10 Å². The molecular formula is C24H26N6O. The van der Waals surface area contributed by atoms with Crippen molar-refractivity contribution in [3.05, 3.63) is 59.8 Å². The van der Waals surface area contributed by atoms with Gasteiger partial charge < -0.3 is 14.6 Å². The van der Waals surface area contributed by atoms with Crippen LogP contribution in [0.5, 0.6) is 5.75 Å². The number of hydrogen-bond acceptors (Lipinski definition) is 5. The van der Waals surface area contributed by atoms with Crippen molar-refractivity contribution in [1.82, 2.24) is 30.0 Å². The van der Waals surface area contributed by atoms with Crippen LogP contribution in [0.15, 0.2) is 43.0 Å². The lowest BCUT2D eigenvalue weighted by atomic mass is 9.96. The molecule has 0 spiro atoms. The zero-order valence-electron chi connectivity index (χ0n) is 17.6. The number of hydrogen-bond donors (Lipinski definition) is 2. The van der Waals surface area contributed by atoms with E-state index in [2.05, 4.69) is 54.4 Å². The maximum absolute atomic E-state index is 6.66. The first-order valence-electron chi connectivity index (χ1n) is 11.1. The largest absolute Gasteiger partial charge is 0.490 e. The highest BCUT2D eigenvalue weighted by Gasteiger charge is 2.30. The Morgan fingerprint density at radius 3 is 3.03 bits per heavy atom. The number of aryl methyl sites for hydroxylation is 1. The van der Waals surface area contributed by atoms with E-state index < -0.39 is 0 Å². The lowest BCUT2D eigenvalue weighted by molar-refractivity contribution is 0.202. The van der Waals surface area contributed by atoms with Gasteiger partial charge in [0, 0.05) is 47.9 Å². The maximum Gasteiger partial charge on any atom is 0.143 e. The minimum Gasteiger partial charge on any atom is -0.490 e. The molecule has 3 aromatic heterocycles. The highest BCUT2D eigenvalue weighted by atomic mass is 16.5. The molecule has 4 aromatic rings. The van der Waals surface area contributed by atoms with Gasteiger partial charge in [0.25, 0.3) is 0 Å². The van der Waals surface area contributed by atoms with Crippen LogP contribution in [0.4, 0.5) is 0 Å². The number of nitrogens with zero attached hydrogens (tertiary/aromatic N) is 4. The maximum atomic E-state index is 6.66. The van der Waals surface area contributed by atoms with E-state index >= 15 is 0 Å². The van der Waals surface area contributed by atoms with Crippen LogP contribution < -0.4 is 10.1 Å². The van der Waals surface area contributed by atoms with Crippen molar-refractivity contribution in [2.24, 2.45) is 0 Å². The number of rotatable bonds is 4. The summed E-state index contributed by atoms with van der Waals surface area (Å²) in [6.45, 7) is 3.91. The third kappa shape index (κ3) is 3.29. The molecule has 7 heteroatoms. The predicted octanol–water partition coefficient (Wildman–Crippen LogP) is 3.95. The monoisotopic (exact) mass is 414 g/mol. The molecule has 4 heterocycles. The number of fused-ring (bicyclic) bond motifs is 2. The van der Waals surface area contributed by atoms with Crippen molar-refractivity contribution in [1.29, 1.82) is 0 Å². The summed E-state index contributed by atoms with van der Waals surface area (Å²) < 4.78 is 8.97. The number of ether oxygens (including phenoxy) is 1. The van der Waals surface area contributed by atoms with Gasteiger partial charge in [0.05, 0.1) is 11.4 Å². The summed E-state index contributed by atoms with van der Waals surface area (Å²) in [5.74, 6) is 1.01. The third-order valence-corrected chi connectivity index (χ3v) is 6.74. The minimum atomic E-state index is 0.202. The molecule has 7 nitrogen and oxygen atoms in total. The Bertz CT molecular complexity index is 1230. The van der Waals surface area contributed by atoms with E-state index in [-0.39, 0.29) is 6.10 Å². The second kappa shape index (κ2) is 7.50. The predicted molar refractivity (Wildman–Crippen MR) is 119 cm³/mol. The topological polar surface area (TPSA) is 80.7 Å². The SMILES string of the molecule is Cc1ncnc2c1ccn2C1CCC(Oc2cc(-c3ccn[nH]3)cc3c2CNCC3)C1. The van der Waals surface area contributed by atoms with Crippen LogP contribution >= 0.6 is 0 Å². The first-order chi connectivity index (χ1) is 15.3. The fourth-order valence-electron chi connectivity index (χ4n) is 5.09. The van der Waals surface area contributed by atoms with Crippen molar-refractivity contribution < 1.29 is 4.74 Å². The van der Waals surface area contributed by atoms with Crippen LogP contribution in [0.25, 0.3) is 22.3 Å². The van der Waals surface area contributed by atoms with Crippen molar-refractivity contribution >= 4 is 11.0 Å². The fraction of sp³-hybridized carbons (Fsp3) is 0.375. The first-order valence-corrected chi connectivity index (χ1v) is 11.1. The van der Waals surface area contributed by atoms with Gasteiger partial charge >= 0.3 is 0 Å². The summed E-state index contributed by atoms with van der Waals surface area (Å²) in [4.78, 5) is 8.87.